The van der Waals surface area contributed by atoms with Gasteiger partial charge in [-0.1, -0.05) is 49.7 Å². The van der Waals surface area contributed by atoms with Gasteiger partial charge in [0.25, 0.3) is 0 Å². The molecule has 0 atom stereocenters. The van der Waals surface area contributed by atoms with Gasteiger partial charge in [-0.05, 0) is 69.7 Å². The normalized spacial score (nSPS) is 17.4. The first-order chi connectivity index (χ1) is 14.2. The Balaban J connectivity index is 1.78. The average molecular weight is 410 g/mol. The molecule has 0 radical (unpaired) electrons. The molecule has 0 bridgehead atoms. The predicted molar refractivity (Wildman–Crippen MR) is 122 cm³/mol. The van der Waals surface area contributed by atoms with Crippen LogP contribution in [0.25, 0.3) is 0 Å². The monoisotopic (exact) mass is 410 g/mol. The number of aromatic hydroxyl groups is 1. The third kappa shape index (κ3) is 5.26. The van der Waals surface area contributed by atoms with Crippen molar-refractivity contribution < 1.29 is 19.2 Å². The van der Waals surface area contributed by atoms with E-state index in [-0.39, 0.29) is 5.75 Å². The summed E-state index contributed by atoms with van der Waals surface area (Å²) in [6, 6.07) is 14.2. The maximum absolute atomic E-state index is 10.9. The number of aryl methyl sites for hydroxylation is 1. The summed E-state index contributed by atoms with van der Waals surface area (Å²) in [6.07, 6.45) is 3.86. The SMILES string of the molecule is CCCCc1cc(O)c(B2OC(C)(C)C(C)(C)O2)c(CCOCc2ccccc2)c1. The summed E-state index contributed by atoms with van der Waals surface area (Å²) in [6.45, 7) is 11.4. The highest BCUT2D eigenvalue weighted by molar-refractivity contribution is 6.63. The van der Waals surface area contributed by atoms with Gasteiger partial charge >= 0.3 is 7.12 Å². The van der Waals surface area contributed by atoms with E-state index >= 15 is 0 Å². The van der Waals surface area contributed by atoms with Crippen LogP contribution in [-0.4, -0.2) is 30.0 Å². The van der Waals surface area contributed by atoms with Crippen LogP contribution in [0.3, 0.4) is 0 Å². The number of unbranched alkanes of at least 4 members (excludes halogenated alkanes) is 1. The molecule has 2 aromatic carbocycles. The molecule has 1 fully saturated rings. The van der Waals surface area contributed by atoms with Gasteiger partial charge in [-0.15, -0.1) is 0 Å². The molecule has 0 aliphatic carbocycles. The lowest BCUT2D eigenvalue weighted by Gasteiger charge is -2.32. The van der Waals surface area contributed by atoms with E-state index in [0.29, 0.717) is 19.6 Å². The molecule has 2 aromatic rings. The lowest BCUT2D eigenvalue weighted by molar-refractivity contribution is 0.00578. The molecule has 30 heavy (non-hydrogen) atoms. The van der Waals surface area contributed by atoms with E-state index in [0.717, 1.165) is 41.4 Å². The van der Waals surface area contributed by atoms with Gasteiger partial charge in [0.15, 0.2) is 0 Å². The predicted octanol–water partition coefficient (Wildman–Crippen LogP) is 4.79. The zero-order chi connectivity index (χ0) is 21.8. The maximum Gasteiger partial charge on any atom is 0.498 e. The van der Waals surface area contributed by atoms with E-state index in [1.54, 1.807) is 0 Å². The molecule has 5 heteroatoms. The van der Waals surface area contributed by atoms with Crippen LogP contribution < -0.4 is 5.46 Å². The minimum absolute atomic E-state index is 0.250. The molecule has 0 aromatic heterocycles. The van der Waals surface area contributed by atoms with Crippen molar-refractivity contribution in [3.63, 3.8) is 0 Å². The van der Waals surface area contributed by atoms with Crippen molar-refractivity contribution in [1.29, 1.82) is 0 Å². The van der Waals surface area contributed by atoms with E-state index in [2.05, 4.69) is 25.1 Å². The second kappa shape index (κ2) is 9.55. The lowest BCUT2D eigenvalue weighted by atomic mass is 9.73. The van der Waals surface area contributed by atoms with Crippen LogP contribution in [0.5, 0.6) is 5.75 Å². The van der Waals surface area contributed by atoms with Crippen molar-refractivity contribution in [3.8, 4) is 5.75 Å². The van der Waals surface area contributed by atoms with E-state index in [1.165, 1.54) is 0 Å². The van der Waals surface area contributed by atoms with Gasteiger partial charge in [-0.3, -0.25) is 0 Å². The fourth-order valence-electron chi connectivity index (χ4n) is 3.67. The molecular weight excluding hydrogens is 375 g/mol. The highest BCUT2D eigenvalue weighted by Crippen LogP contribution is 2.37. The number of hydrogen-bond donors (Lipinski definition) is 1. The van der Waals surface area contributed by atoms with Gasteiger partial charge in [-0.2, -0.15) is 0 Å². The Kier molecular flexibility index (Phi) is 7.28. The summed E-state index contributed by atoms with van der Waals surface area (Å²) < 4.78 is 18.4. The fourth-order valence-corrected chi connectivity index (χ4v) is 3.67. The number of ether oxygens (including phenoxy) is 1. The van der Waals surface area contributed by atoms with Gasteiger partial charge in [0.05, 0.1) is 24.4 Å². The minimum Gasteiger partial charge on any atom is -0.508 e. The molecular formula is C25H35BO4. The zero-order valence-corrected chi connectivity index (χ0v) is 19.0. The Bertz CT molecular complexity index is 817. The van der Waals surface area contributed by atoms with Crippen LogP contribution in [0.4, 0.5) is 0 Å². The molecule has 1 aliphatic rings. The van der Waals surface area contributed by atoms with Crippen LogP contribution in [-0.2, 0) is 33.5 Å². The molecule has 1 aliphatic heterocycles. The Labute approximate surface area is 181 Å². The van der Waals surface area contributed by atoms with E-state index in [9.17, 15) is 5.11 Å². The number of benzene rings is 2. The molecule has 3 rings (SSSR count). The largest absolute Gasteiger partial charge is 0.508 e. The molecule has 1 heterocycles. The zero-order valence-electron chi connectivity index (χ0n) is 19.0. The molecule has 0 saturated carbocycles. The van der Waals surface area contributed by atoms with Crippen molar-refractivity contribution in [2.45, 2.75) is 78.1 Å². The van der Waals surface area contributed by atoms with E-state index in [1.807, 2.05) is 52.0 Å². The van der Waals surface area contributed by atoms with Crippen LogP contribution in [0.2, 0.25) is 0 Å². The second-order valence-corrected chi connectivity index (χ2v) is 9.17. The third-order valence-corrected chi connectivity index (χ3v) is 6.24. The molecule has 1 saturated heterocycles. The van der Waals surface area contributed by atoms with Crippen LogP contribution in [0, 0.1) is 0 Å². The number of rotatable bonds is 9. The van der Waals surface area contributed by atoms with Crippen molar-refractivity contribution in [2.24, 2.45) is 0 Å². The molecule has 1 N–H and O–H groups in total. The van der Waals surface area contributed by atoms with Gasteiger partial charge < -0.3 is 19.2 Å². The molecule has 0 amide bonds. The Morgan fingerprint density at radius 1 is 0.933 bits per heavy atom. The van der Waals surface area contributed by atoms with Crippen LogP contribution in [0.15, 0.2) is 42.5 Å². The lowest BCUT2D eigenvalue weighted by Crippen LogP contribution is -2.41. The standard InChI is InChI=1S/C25H35BO4/c1-6-7-11-20-16-21(14-15-28-18-19-12-9-8-10-13-19)23(22(27)17-20)26-29-24(2,3)25(4,5)30-26/h8-10,12-13,16-17,27H,6-7,11,14-15,18H2,1-5H3. The summed E-state index contributed by atoms with van der Waals surface area (Å²) >= 11 is 0. The second-order valence-electron chi connectivity index (χ2n) is 9.17. The molecule has 162 valence electrons. The van der Waals surface area contributed by atoms with E-state index in [4.69, 9.17) is 14.0 Å². The van der Waals surface area contributed by atoms with Gasteiger partial charge in [0.2, 0.25) is 0 Å². The maximum atomic E-state index is 10.9. The van der Waals surface area contributed by atoms with Crippen LogP contribution in [0.1, 0.15) is 64.2 Å². The first kappa shape index (κ1) is 22.9. The number of phenolic OH excluding ortho intramolecular Hbond substituents is 1. The molecule has 4 nitrogen and oxygen atoms in total. The van der Waals surface area contributed by atoms with Gasteiger partial charge in [-0.25, -0.2) is 0 Å². The van der Waals surface area contributed by atoms with Gasteiger partial charge in [0.1, 0.15) is 5.75 Å². The number of hydrogen-bond acceptors (Lipinski definition) is 4. The smallest absolute Gasteiger partial charge is 0.498 e. The summed E-state index contributed by atoms with van der Waals surface area (Å²) in [5, 5.41) is 10.9. The summed E-state index contributed by atoms with van der Waals surface area (Å²) in [4.78, 5) is 0. The van der Waals surface area contributed by atoms with Crippen molar-refractivity contribution in [2.75, 3.05) is 6.61 Å². The first-order valence-electron chi connectivity index (χ1n) is 11.1. The molecule has 0 spiro atoms. The summed E-state index contributed by atoms with van der Waals surface area (Å²) in [5.74, 6) is 0.250. The number of phenols is 1. The highest BCUT2D eigenvalue weighted by atomic mass is 16.7. The van der Waals surface area contributed by atoms with Gasteiger partial charge in [0, 0.05) is 5.46 Å². The average Bonchev–Trinajstić information content (AvgIpc) is 2.91. The minimum atomic E-state index is -0.584. The highest BCUT2D eigenvalue weighted by Gasteiger charge is 2.53. The Morgan fingerprint density at radius 3 is 2.23 bits per heavy atom. The van der Waals surface area contributed by atoms with Crippen molar-refractivity contribution in [3.05, 3.63) is 59.2 Å². The topological polar surface area (TPSA) is 47.9 Å². The van der Waals surface area contributed by atoms with Crippen LogP contribution >= 0.6 is 0 Å². The quantitative estimate of drug-likeness (QED) is 0.477. The Morgan fingerprint density at radius 2 is 1.60 bits per heavy atom. The summed E-state index contributed by atoms with van der Waals surface area (Å²) in [7, 11) is -0.584. The molecule has 0 unspecified atom stereocenters. The Hall–Kier alpha value is -1.82. The van der Waals surface area contributed by atoms with E-state index < -0.39 is 18.3 Å². The fraction of sp³-hybridized carbons (Fsp3) is 0.520. The van der Waals surface area contributed by atoms with Crippen molar-refractivity contribution >= 4 is 12.6 Å². The van der Waals surface area contributed by atoms with Crippen molar-refractivity contribution in [1.82, 2.24) is 0 Å². The summed E-state index contributed by atoms with van der Waals surface area (Å²) in [5.41, 5.74) is 3.17. The third-order valence-electron chi connectivity index (χ3n) is 6.24. The first-order valence-corrected chi connectivity index (χ1v) is 11.1.